The molecule has 2 aromatic rings. The Bertz CT molecular complexity index is 919. The minimum atomic E-state index is -0.195. The fourth-order valence-electron chi connectivity index (χ4n) is 4.72. The molecule has 2 saturated carbocycles. The van der Waals surface area contributed by atoms with Crippen molar-refractivity contribution in [3.63, 3.8) is 0 Å². The smallest absolute Gasteiger partial charge is 0.270 e. The zero-order valence-electron chi connectivity index (χ0n) is 14.8. The molecule has 7 nitrogen and oxygen atoms in total. The number of fused-ring (bicyclic) bond motifs is 1. The van der Waals surface area contributed by atoms with E-state index in [-0.39, 0.29) is 11.3 Å². The third kappa shape index (κ3) is 2.14. The maximum absolute atomic E-state index is 13.1. The van der Waals surface area contributed by atoms with Gasteiger partial charge in [-0.15, -0.1) is 10.2 Å². The highest BCUT2D eigenvalue weighted by Crippen LogP contribution is 2.51. The van der Waals surface area contributed by atoms with Crippen molar-refractivity contribution >= 4 is 5.91 Å². The Morgan fingerprint density at radius 1 is 1.35 bits per heavy atom. The van der Waals surface area contributed by atoms with E-state index in [1.165, 1.54) is 0 Å². The SMILES string of the molecule is Cn1c(C#N)ccc1C(=O)N1C[C@@H]2CCC[C@]2(c2nnc(C3CC3)o2)C1. The number of aromatic nitrogens is 3. The number of amides is 1. The molecule has 0 N–H and O–H groups in total. The van der Waals surface area contributed by atoms with Gasteiger partial charge in [0.2, 0.25) is 11.8 Å². The summed E-state index contributed by atoms with van der Waals surface area (Å²) in [6, 6.07) is 5.54. The van der Waals surface area contributed by atoms with Crippen molar-refractivity contribution in [1.29, 1.82) is 5.26 Å². The molecule has 1 saturated heterocycles. The summed E-state index contributed by atoms with van der Waals surface area (Å²) in [5.74, 6) is 2.28. The van der Waals surface area contributed by atoms with Gasteiger partial charge in [0.1, 0.15) is 17.5 Å². The van der Waals surface area contributed by atoms with Gasteiger partial charge in [-0.25, -0.2) is 0 Å². The Kier molecular flexibility index (Phi) is 3.27. The molecule has 0 spiro atoms. The zero-order chi connectivity index (χ0) is 17.9. The lowest BCUT2D eigenvalue weighted by Crippen LogP contribution is -2.35. The summed E-state index contributed by atoms with van der Waals surface area (Å²) < 4.78 is 7.73. The lowest BCUT2D eigenvalue weighted by molar-refractivity contribution is 0.0766. The van der Waals surface area contributed by atoms with Crippen molar-refractivity contribution in [3.05, 3.63) is 35.3 Å². The minimum Gasteiger partial charge on any atom is -0.424 e. The van der Waals surface area contributed by atoms with E-state index >= 15 is 0 Å². The van der Waals surface area contributed by atoms with Crippen molar-refractivity contribution in [2.24, 2.45) is 13.0 Å². The van der Waals surface area contributed by atoms with Crippen LogP contribution in [0.3, 0.4) is 0 Å². The highest BCUT2D eigenvalue weighted by molar-refractivity contribution is 5.93. The van der Waals surface area contributed by atoms with Gasteiger partial charge in [-0.3, -0.25) is 4.79 Å². The number of nitrogens with zero attached hydrogens (tertiary/aromatic N) is 5. The number of likely N-dealkylation sites (tertiary alicyclic amines) is 1. The summed E-state index contributed by atoms with van der Waals surface area (Å²) in [6.07, 6.45) is 5.48. The first kappa shape index (κ1) is 15.6. The molecule has 0 aromatic carbocycles. The minimum absolute atomic E-state index is 0.0234. The first-order valence-corrected chi connectivity index (χ1v) is 9.31. The molecule has 3 heterocycles. The highest BCUT2D eigenvalue weighted by atomic mass is 16.4. The lowest BCUT2D eigenvalue weighted by Gasteiger charge is -2.24. The first-order chi connectivity index (χ1) is 12.6. The first-order valence-electron chi connectivity index (χ1n) is 9.31. The van der Waals surface area contributed by atoms with Crippen molar-refractivity contribution < 1.29 is 9.21 Å². The van der Waals surface area contributed by atoms with Crippen LogP contribution in [0.1, 0.15) is 66.0 Å². The summed E-state index contributed by atoms with van der Waals surface area (Å²) in [4.78, 5) is 15.0. The number of carbonyl (C=O) groups is 1. The summed E-state index contributed by atoms with van der Waals surface area (Å²) >= 11 is 0. The maximum atomic E-state index is 13.1. The molecule has 3 aliphatic rings. The molecule has 2 atom stereocenters. The predicted octanol–water partition coefficient (Wildman–Crippen LogP) is 2.35. The van der Waals surface area contributed by atoms with Gasteiger partial charge in [-0.1, -0.05) is 6.42 Å². The molecule has 134 valence electrons. The molecule has 5 rings (SSSR count). The maximum Gasteiger partial charge on any atom is 0.270 e. The average molecular weight is 351 g/mol. The van der Waals surface area contributed by atoms with Crippen LogP contribution in [0, 0.1) is 17.2 Å². The van der Waals surface area contributed by atoms with Crippen LogP contribution < -0.4 is 0 Å². The summed E-state index contributed by atoms with van der Waals surface area (Å²) in [7, 11) is 1.76. The summed E-state index contributed by atoms with van der Waals surface area (Å²) in [6.45, 7) is 1.34. The van der Waals surface area contributed by atoms with Crippen molar-refractivity contribution in [2.45, 2.75) is 43.4 Å². The Hall–Kier alpha value is -2.62. The second kappa shape index (κ2) is 5.44. The third-order valence-corrected chi connectivity index (χ3v) is 6.41. The van der Waals surface area contributed by atoms with Crippen LogP contribution in [0.15, 0.2) is 16.5 Å². The normalized spacial score (nSPS) is 27.5. The summed E-state index contributed by atoms with van der Waals surface area (Å²) in [5.41, 5.74) is 0.855. The molecule has 2 aliphatic carbocycles. The van der Waals surface area contributed by atoms with Gasteiger partial charge in [-0.2, -0.15) is 5.26 Å². The average Bonchev–Trinajstić information content (AvgIpc) is 3.01. The number of nitriles is 1. The van der Waals surface area contributed by atoms with Crippen LogP contribution in [-0.2, 0) is 12.5 Å². The van der Waals surface area contributed by atoms with Crippen LogP contribution >= 0.6 is 0 Å². The van der Waals surface area contributed by atoms with Gasteiger partial charge in [0, 0.05) is 26.1 Å². The molecule has 26 heavy (non-hydrogen) atoms. The monoisotopic (exact) mass is 351 g/mol. The third-order valence-electron chi connectivity index (χ3n) is 6.41. The second-order valence-corrected chi connectivity index (χ2v) is 7.93. The van der Waals surface area contributed by atoms with Crippen molar-refractivity contribution in [3.8, 4) is 6.07 Å². The predicted molar refractivity (Wildman–Crippen MR) is 91.3 cm³/mol. The Balaban J connectivity index is 1.44. The van der Waals surface area contributed by atoms with E-state index in [1.807, 2.05) is 4.90 Å². The molecule has 0 unspecified atom stereocenters. The molecule has 7 heteroatoms. The lowest BCUT2D eigenvalue weighted by atomic mass is 9.80. The number of rotatable bonds is 3. The van der Waals surface area contributed by atoms with E-state index in [9.17, 15) is 4.79 Å². The van der Waals surface area contributed by atoms with Gasteiger partial charge in [0.05, 0.1) is 5.41 Å². The zero-order valence-corrected chi connectivity index (χ0v) is 14.8. The molecular weight excluding hydrogens is 330 g/mol. The van der Waals surface area contributed by atoms with E-state index in [2.05, 4.69) is 16.3 Å². The second-order valence-electron chi connectivity index (χ2n) is 7.93. The largest absolute Gasteiger partial charge is 0.424 e. The van der Waals surface area contributed by atoms with Crippen LogP contribution in [0.5, 0.6) is 0 Å². The molecular formula is C19H21N5O2. The summed E-state index contributed by atoms with van der Waals surface area (Å²) in [5, 5.41) is 17.8. The highest BCUT2D eigenvalue weighted by Gasteiger charge is 2.55. The van der Waals surface area contributed by atoms with Gasteiger partial charge in [0.15, 0.2) is 0 Å². The van der Waals surface area contributed by atoms with Gasteiger partial charge < -0.3 is 13.9 Å². The van der Waals surface area contributed by atoms with Crippen LogP contribution in [0.4, 0.5) is 0 Å². The van der Waals surface area contributed by atoms with E-state index in [0.29, 0.717) is 36.3 Å². The number of carbonyl (C=O) groups excluding carboxylic acids is 1. The fraction of sp³-hybridized carbons (Fsp3) is 0.579. The molecule has 0 bridgehead atoms. The molecule has 3 fully saturated rings. The van der Waals surface area contributed by atoms with Crippen LogP contribution in [0.25, 0.3) is 0 Å². The van der Waals surface area contributed by atoms with Gasteiger partial charge >= 0.3 is 0 Å². The van der Waals surface area contributed by atoms with E-state index in [0.717, 1.165) is 43.9 Å². The van der Waals surface area contributed by atoms with Gasteiger partial charge in [0.25, 0.3) is 5.91 Å². The molecule has 1 amide bonds. The number of hydrogen-bond donors (Lipinski definition) is 0. The van der Waals surface area contributed by atoms with Crippen LogP contribution in [-0.4, -0.2) is 38.7 Å². The number of hydrogen-bond acceptors (Lipinski definition) is 5. The quantitative estimate of drug-likeness (QED) is 0.847. The van der Waals surface area contributed by atoms with Crippen LogP contribution in [0.2, 0.25) is 0 Å². The van der Waals surface area contributed by atoms with Gasteiger partial charge in [-0.05, 0) is 43.7 Å². The Morgan fingerprint density at radius 2 is 2.19 bits per heavy atom. The topological polar surface area (TPSA) is 88.0 Å². The molecule has 1 aliphatic heterocycles. The van der Waals surface area contributed by atoms with E-state index < -0.39 is 0 Å². The fourth-order valence-corrected chi connectivity index (χ4v) is 4.72. The Morgan fingerprint density at radius 3 is 2.92 bits per heavy atom. The van der Waals surface area contributed by atoms with Crippen molar-refractivity contribution in [1.82, 2.24) is 19.7 Å². The molecule has 2 aromatic heterocycles. The van der Waals surface area contributed by atoms with E-state index in [4.69, 9.17) is 9.68 Å². The van der Waals surface area contributed by atoms with E-state index in [1.54, 1.807) is 23.7 Å². The van der Waals surface area contributed by atoms with Crippen molar-refractivity contribution in [2.75, 3.05) is 13.1 Å². The molecule has 0 radical (unpaired) electrons. The standard InChI is InChI=1S/C19H21N5O2/c1-23-14(9-20)6-7-15(23)17(25)24-10-13-3-2-8-19(13,11-24)18-22-21-16(26-18)12-4-5-12/h6-7,12-13H,2-5,8,10-11H2,1H3/t13-,19-/m0/s1. The Labute approximate surface area is 151 Å².